The molecule has 0 radical (unpaired) electrons. The van der Waals surface area contributed by atoms with E-state index in [-0.39, 0.29) is 130 Å². The minimum atomic E-state index is -4.67. The number of carbonyl (C=O) groups is 2. The van der Waals surface area contributed by atoms with Gasteiger partial charge < -0.3 is 46.4 Å². The number of benzene rings is 8. The Morgan fingerprint density at radius 1 is 0.545 bits per heavy atom. The maximum absolute atomic E-state index is 14.8. The van der Waals surface area contributed by atoms with Gasteiger partial charge in [-0.05, 0) is 251 Å². The number of anilines is 2. The van der Waals surface area contributed by atoms with Gasteiger partial charge in [-0.25, -0.2) is 17.2 Å². The fourth-order valence-electron chi connectivity index (χ4n) is 18.2. The van der Waals surface area contributed by atoms with Crippen LogP contribution in [0, 0.1) is 17.7 Å². The van der Waals surface area contributed by atoms with Crippen LogP contribution in [0.4, 0.5) is 31.5 Å². The minimum absolute atomic E-state index is 0. The van der Waals surface area contributed by atoms with Crippen LogP contribution in [-0.2, 0) is 70.7 Å². The molecule has 0 saturated heterocycles. The van der Waals surface area contributed by atoms with Gasteiger partial charge in [-0.15, -0.1) is 24.8 Å². The van der Waals surface area contributed by atoms with Crippen LogP contribution in [0.25, 0.3) is 21.5 Å². The van der Waals surface area contributed by atoms with Crippen LogP contribution in [0.15, 0.2) is 256 Å². The molecular formula is C100H110ClF2N4Na3O18S4. The summed E-state index contributed by atoms with van der Waals surface area (Å²) in [6, 6.07) is 50.4. The van der Waals surface area contributed by atoms with Crippen LogP contribution >= 0.6 is 35.7 Å². The number of unbranched alkanes of at least 4 members (excludes halogenated alkanes) is 6. The number of allylic oxidation sites excluding steroid dienone is 15. The predicted molar refractivity (Wildman–Crippen MR) is 498 cm³/mol. The van der Waals surface area contributed by atoms with Crippen LogP contribution < -0.4 is 114 Å². The molecule has 2 aliphatic carbocycles. The van der Waals surface area contributed by atoms with E-state index in [0.29, 0.717) is 61.0 Å². The average Bonchev–Trinajstić information content (AvgIpc) is 1.60. The molecule has 6 aliphatic rings. The summed E-state index contributed by atoms with van der Waals surface area (Å²) in [5.74, 6) is 0.387. The van der Waals surface area contributed by atoms with E-state index in [4.69, 9.17) is 39.2 Å². The largest absolute Gasteiger partial charge is 1.00 e. The van der Waals surface area contributed by atoms with E-state index in [1.807, 2.05) is 18.2 Å². The number of carboxylic acid groups (broad SMARTS) is 2. The van der Waals surface area contributed by atoms with Crippen molar-refractivity contribution < 1.29 is 193 Å². The Hall–Kier alpha value is -7.18. The van der Waals surface area contributed by atoms with E-state index in [1.54, 1.807) is 36.4 Å². The summed E-state index contributed by atoms with van der Waals surface area (Å²) < 4.78 is 111. The van der Waals surface area contributed by atoms with Crippen molar-refractivity contribution in [1.29, 1.82) is 0 Å². The summed E-state index contributed by atoms with van der Waals surface area (Å²) in [6.07, 6.45) is 30.2. The van der Waals surface area contributed by atoms with Crippen LogP contribution in [0.3, 0.4) is 0 Å². The summed E-state index contributed by atoms with van der Waals surface area (Å²) in [4.78, 5) is 26.4. The van der Waals surface area contributed by atoms with Crippen LogP contribution in [0.2, 0.25) is 0 Å². The number of carboxylic acids is 2. The van der Waals surface area contributed by atoms with Gasteiger partial charge in [0.15, 0.2) is 11.4 Å². The quantitative estimate of drug-likeness (QED) is 0.00486. The second kappa shape index (κ2) is 51.3. The number of rotatable bonds is 35. The Kier molecular flexibility index (Phi) is 42.8. The molecule has 0 fully saturated rings. The first-order valence-electron chi connectivity index (χ1n) is 43.2. The first-order valence-corrected chi connectivity index (χ1v) is 47.9. The van der Waals surface area contributed by atoms with Crippen molar-refractivity contribution in [1.82, 2.24) is 0 Å². The third kappa shape index (κ3) is 28.1. The fraction of sp³-hybridized carbons (Fsp3) is 0.360. The number of phenolic OH excluding ortho intramolecular Hbond substituents is 1. The molecule has 686 valence electrons. The molecule has 4 aliphatic heterocycles. The molecule has 32 heteroatoms. The molecule has 8 aromatic carbocycles. The van der Waals surface area contributed by atoms with Crippen molar-refractivity contribution in [2.45, 2.75) is 198 Å². The number of phenols is 1. The van der Waals surface area contributed by atoms with E-state index < -0.39 is 43.5 Å². The van der Waals surface area contributed by atoms with Crippen molar-refractivity contribution >= 4 is 124 Å². The third-order valence-electron chi connectivity index (χ3n) is 24.4. The number of nitrogens with zero attached hydrogens (tertiary/aromatic N) is 4. The molecule has 0 saturated carbocycles. The first-order chi connectivity index (χ1) is 61.7. The average molecular weight is 1930 g/mol. The zero-order valence-electron chi connectivity index (χ0n) is 77.6. The van der Waals surface area contributed by atoms with E-state index >= 15 is 0 Å². The number of aromatic hydroxyl groups is 1. The van der Waals surface area contributed by atoms with Crippen LogP contribution in [-0.4, -0.2) is 111 Å². The normalized spacial score (nSPS) is 17.3. The van der Waals surface area contributed by atoms with Gasteiger partial charge in [0.05, 0.1) is 15.7 Å². The minimum Gasteiger partial charge on any atom is -1.00 e. The van der Waals surface area contributed by atoms with Crippen LogP contribution in [0.5, 0.6) is 11.5 Å². The van der Waals surface area contributed by atoms with Gasteiger partial charge in [0.1, 0.15) is 46.4 Å². The maximum Gasteiger partial charge on any atom is 1.00 e. The summed E-state index contributed by atoms with van der Waals surface area (Å²) >= 11 is 9.27. The summed E-state index contributed by atoms with van der Waals surface area (Å²) in [7, 11) is -7.78. The van der Waals surface area contributed by atoms with Crippen molar-refractivity contribution in [2.75, 3.05) is 47.5 Å². The van der Waals surface area contributed by atoms with Gasteiger partial charge in [0, 0.05) is 154 Å². The SMILES string of the molecule is CC1(C)C(=CC=C2CCCC(C=CC3=[N+](CCCCSOO[O-])c4ccc5ccccc5c4C3(C)C)=C2Cl)N(CCCCCC(=O)O)c2ccc(F)cc21.CC1(C)C(=CC=C2CCCC(C=CC3=[N+](CCCCSOO[O-])c4ccc5ccccc5c4C3(C)C)=C2Oc2ccc(S(=O)(=O)[O-])cc2)N(CCCCCC(=O)O)c2ccc(F)cc21.O=S(=O)=O.Oc1cc[c-]cc1.[H-].[Na+].[Na+].[Na+]. The topological polar surface area (TPSA) is 308 Å². The Morgan fingerprint density at radius 3 is 1.41 bits per heavy atom. The molecule has 4 heterocycles. The first kappa shape index (κ1) is 110. The molecule has 3 N–H and O–H groups in total. The third-order valence-corrected chi connectivity index (χ3v) is 26.9. The van der Waals surface area contributed by atoms with E-state index in [0.717, 1.165) is 199 Å². The molecular weight excluding hydrogens is 1820 g/mol. The monoisotopic (exact) mass is 1920 g/mol. The molecule has 8 aromatic rings. The molecule has 0 aromatic heterocycles. The number of halogens is 3. The van der Waals surface area contributed by atoms with Gasteiger partial charge in [0.2, 0.25) is 11.4 Å². The Balaban J connectivity index is 0.000000320. The summed E-state index contributed by atoms with van der Waals surface area (Å²) in [5.41, 5.74) is 15.4. The van der Waals surface area contributed by atoms with Gasteiger partial charge in [-0.1, -0.05) is 119 Å². The predicted octanol–water partition coefficient (Wildman–Crippen LogP) is 12.0. The molecule has 22 nitrogen and oxygen atoms in total. The number of aliphatic carboxylic acids is 2. The molecule has 0 bridgehead atoms. The Morgan fingerprint density at radius 2 is 0.977 bits per heavy atom. The van der Waals surface area contributed by atoms with Crippen molar-refractivity contribution in [3.63, 3.8) is 0 Å². The number of hydrogen-bond donors (Lipinski definition) is 3. The second-order valence-corrected chi connectivity index (χ2v) is 38.1. The van der Waals surface area contributed by atoms with Crippen LogP contribution in [0.1, 0.15) is 195 Å². The number of ether oxygens (including phenoxy) is 1. The Labute approximate surface area is 855 Å². The van der Waals surface area contributed by atoms with Gasteiger partial charge in [-0.2, -0.15) is 36.0 Å². The summed E-state index contributed by atoms with van der Waals surface area (Å²) in [5, 5.41) is 60.1. The van der Waals surface area contributed by atoms with Gasteiger partial charge in [0.25, 0.3) is 0 Å². The second-order valence-electron chi connectivity index (χ2n) is 34.3. The number of fused-ring (bicyclic) bond motifs is 8. The zero-order chi connectivity index (χ0) is 92.8. The van der Waals surface area contributed by atoms with Crippen molar-refractivity contribution in [3.05, 3.63) is 291 Å². The van der Waals surface area contributed by atoms with E-state index in [1.165, 1.54) is 75.1 Å². The Bertz CT molecular complexity index is 6010. The molecule has 0 unspecified atom stereocenters. The molecule has 132 heavy (non-hydrogen) atoms. The smallest absolute Gasteiger partial charge is 1.00 e. The van der Waals surface area contributed by atoms with Gasteiger partial charge in [-0.3, -0.25) is 19.7 Å². The standard InChI is InChI=1S/C50H55FN2O9S2.C44H50ClFN2O5S.C6H5O.3Na.O3S.H/c1-49(2)41-33-37(51)21-27-42(41)52(30-9-5-6-17-46(54)55)44(49)28-19-35-14-12-15-36(48(35)60-38-22-24-39(25-23-38)64(57,58)59)20-29-45-50(3,4)47-40-16-8-7-13-34(40)18-26-43(47)53(45)31-10-11-32-63-62-61-56;1-43(2)35-29-33(46)21-23-36(35)47(26-9-5-6-17-40(49)50)38(43)24-19-31-14-12-15-32(42(31)45)20-25-39-44(3,4)41-34-16-8-7-13-30(34)18-22-37(41)48(39)27-10-11-28-54-53-52-51;7-6-4-2-1-3-5-6;;;;1-4(2)3;/h7-8,13,16,18-29,33H,5-6,9-12,14-15,17,30-32H2,1-4H3,(H2-,54,55,56,57,58,59);7-8,13,16,18-25,29H,5-6,9-12,14-15,17,26-28H2,1-4H3,(H-,49,50,51);2-5,7H;;;;;/q;;-1;3*+1;;-1/p-1. The van der Waals surface area contributed by atoms with Gasteiger partial charge >= 0.3 is 111 Å². The van der Waals surface area contributed by atoms with Crippen molar-refractivity contribution in [3.8, 4) is 11.5 Å². The molecule has 0 atom stereocenters. The number of hydrogen-bond acceptors (Lipinski definition) is 20. The summed E-state index contributed by atoms with van der Waals surface area (Å²) in [6.45, 7) is 20.4. The van der Waals surface area contributed by atoms with E-state index in [2.05, 4.69) is 214 Å². The molecule has 14 rings (SSSR count). The molecule has 0 spiro atoms. The molecule has 0 amide bonds. The van der Waals surface area contributed by atoms with E-state index in [9.17, 15) is 47.0 Å². The zero-order valence-corrected chi connectivity index (χ0v) is 86.6. The maximum atomic E-state index is 14.8. The fourth-order valence-corrected chi connectivity index (χ4v) is 19.8. The van der Waals surface area contributed by atoms with Crippen molar-refractivity contribution in [2.24, 2.45) is 0 Å².